The van der Waals surface area contributed by atoms with Gasteiger partial charge in [-0.05, 0) is 61.9 Å². The van der Waals surface area contributed by atoms with Gasteiger partial charge in [0.15, 0.2) is 17.2 Å². The van der Waals surface area contributed by atoms with Crippen molar-refractivity contribution in [3.05, 3.63) is 46.4 Å². The average molecular weight is 484 g/mol. The molecule has 1 fully saturated rings. The van der Waals surface area contributed by atoms with E-state index in [1.807, 2.05) is 27.0 Å². The number of ether oxygens (including phenoxy) is 2. The number of halogens is 1. The number of piperidine rings is 1. The third-order valence-corrected chi connectivity index (χ3v) is 6.89. The molecular weight excluding hydrogens is 449 g/mol. The summed E-state index contributed by atoms with van der Waals surface area (Å²) in [5, 5.41) is 8.49. The Morgan fingerprint density at radius 1 is 1.20 bits per heavy atom. The number of fused-ring (bicyclic) bond motifs is 1. The molecule has 3 aromatic rings. The quantitative estimate of drug-likeness (QED) is 0.529. The van der Waals surface area contributed by atoms with Gasteiger partial charge in [0.2, 0.25) is 11.8 Å². The van der Waals surface area contributed by atoms with Crippen molar-refractivity contribution in [2.45, 2.75) is 52.1 Å². The Labute approximate surface area is 205 Å². The molecule has 0 radical (unpaired) electrons. The molecule has 3 heterocycles. The van der Waals surface area contributed by atoms with Gasteiger partial charge in [-0.15, -0.1) is 5.10 Å². The van der Waals surface area contributed by atoms with Gasteiger partial charge in [-0.25, -0.2) is 14.1 Å². The lowest BCUT2D eigenvalue weighted by Gasteiger charge is -2.32. The number of nitrogens with one attached hydrogen (secondary N) is 1. The van der Waals surface area contributed by atoms with Crippen molar-refractivity contribution in [1.82, 2.24) is 25.0 Å². The Balaban J connectivity index is 1.29. The normalized spacial score (nSPS) is 14.9. The molecule has 9 heteroatoms. The summed E-state index contributed by atoms with van der Waals surface area (Å²) in [5.41, 5.74) is 4.76. The van der Waals surface area contributed by atoms with Crippen LogP contribution in [-0.2, 0) is 24.8 Å². The zero-order valence-electron chi connectivity index (χ0n) is 21.2. The van der Waals surface area contributed by atoms with Gasteiger partial charge in [-0.3, -0.25) is 9.69 Å². The van der Waals surface area contributed by atoms with Gasteiger partial charge < -0.3 is 14.8 Å². The van der Waals surface area contributed by atoms with Gasteiger partial charge in [0.05, 0.1) is 19.6 Å². The highest BCUT2D eigenvalue weighted by atomic mass is 19.1. The Morgan fingerprint density at radius 2 is 1.94 bits per heavy atom. The van der Waals surface area contributed by atoms with Crippen LogP contribution in [0.25, 0.3) is 11.0 Å². The van der Waals surface area contributed by atoms with E-state index < -0.39 is 0 Å². The van der Waals surface area contributed by atoms with Crippen LogP contribution in [0.2, 0.25) is 0 Å². The Hall–Kier alpha value is -3.20. The third kappa shape index (κ3) is 5.40. The molecule has 0 saturated carbocycles. The summed E-state index contributed by atoms with van der Waals surface area (Å²) >= 11 is 0. The van der Waals surface area contributed by atoms with Crippen molar-refractivity contribution in [3.8, 4) is 11.6 Å². The van der Waals surface area contributed by atoms with Crippen LogP contribution in [-0.4, -0.2) is 58.9 Å². The largest absolute Gasteiger partial charge is 0.494 e. The second-order valence-electron chi connectivity index (χ2n) is 9.22. The predicted molar refractivity (Wildman–Crippen MR) is 132 cm³/mol. The molecule has 35 heavy (non-hydrogen) atoms. The zero-order chi connectivity index (χ0) is 25.1. The number of hydrogen-bond donors (Lipinski definition) is 1. The fourth-order valence-electron chi connectivity index (χ4n) is 4.95. The fraction of sp³-hybridized carbons (Fsp3) is 0.500. The van der Waals surface area contributed by atoms with Crippen molar-refractivity contribution in [3.63, 3.8) is 0 Å². The summed E-state index contributed by atoms with van der Waals surface area (Å²) < 4.78 is 26.1. The van der Waals surface area contributed by atoms with E-state index in [0.29, 0.717) is 25.3 Å². The average Bonchev–Trinajstić information content (AvgIpc) is 3.15. The number of rotatable bonds is 8. The van der Waals surface area contributed by atoms with Crippen LogP contribution in [0.3, 0.4) is 0 Å². The van der Waals surface area contributed by atoms with E-state index in [1.165, 1.54) is 13.2 Å². The molecule has 1 aromatic carbocycles. The van der Waals surface area contributed by atoms with Crippen LogP contribution >= 0.6 is 0 Å². The first kappa shape index (κ1) is 24.9. The lowest BCUT2D eigenvalue weighted by atomic mass is 9.99. The molecule has 4 rings (SSSR count). The fourth-order valence-corrected chi connectivity index (χ4v) is 4.95. The van der Waals surface area contributed by atoms with Crippen LogP contribution in [0.5, 0.6) is 11.6 Å². The summed E-state index contributed by atoms with van der Waals surface area (Å²) in [6, 6.07) is 5.25. The minimum absolute atomic E-state index is 0.0534. The summed E-state index contributed by atoms with van der Waals surface area (Å²) in [5.74, 6) is 0.532. The number of methoxy groups -OCH3 is 2. The number of aromatic nitrogens is 3. The molecule has 1 saturated heterocycles. The number of likely N-dealkylation sites (tertiary alicyclic amines) is 1. The molecule has 1 amide bonds. The van der Waals surface area contributed by atoms with Crippen LogP contribution in [0.1, 0.15) is 41.6 Å². The van der Waals surface area contributed by atoms with Crippen LogP contribution in [0.15, 0.2) is 18.2 Å². The number of carbonyl (C=O) groups is 1. The SMILES string of the molecule is COc1ccc(CN2CCC(NC(=O)CCc3c(C)nc4c(c(OC)nn4C)c3C)CC2)cc1F. The maximum atomic E-state index is 14.0. The lowest BCUT2D eigenvalue weighted by Crippen LogP contribution is -2.44. The van der Waals surface area contributed by atoms with Gasteiger partial charge in [0.25, 0.3) is 0 Å². The van der Waals surface area contributed by atoms with E-state index in [1.54, 1.807) is 17.9 Å². The molecule has 1 aliphatic heterocycles. The lowest BCUT2D eigenvalue weighted by molar-refractivity contribution is -0.122. The molecule has 0 atom stereocenters. The number of amides is 1. The van der Waals surface area contributed by atoms with E-state index >= 15 is 0 Å². The number of benzene rings is 1. The zero-order valence-corrected chi connectivity index (χ0v) is 21.2. The summed E-state index contributed by atoms with van der Waals surface area (Å²) in [7, 11) is 4.92. The first-order valence-corrected chi connectivity index (χ1v) is 12.0. The number of pyridine rings is 1. The molecule has 0 bridgehead atoms. The Kier molecular flexibility index (Phi) is 7.54. The van der Waals surface area contributed by atoms with Crippen molar-refractivity contribution in [2.24, 2.45) is 7.05 Å². The van der Waals surface area contributed by atoms with Gasteiger partial charge in [-0.1, -0.05) is 6.07 Å². The minimum Gasteiger partial charge on any atom is -0.494 e. The van der Waals surface area contributed by atoms with Gasteiger partial charge >= 0.3 is 0 Å². The molecule has 188 valence electrons. The molecule has 8 nitrogen and oxygen atoms in total. The molecule has 0 spiro atoms. The topological polar surface area (TPSA) is 81.5 Å². The standard InChI is InChI=1S/C26H34FN5O3/c1-16-20(17(2)28-25-24(16)26(35-5)30-31(25)3)7-9-23(33)29-19-10-12-32(13-11-19)15-18-6-8-22(34-4)21(27)14-18/h6,8,14,19H,7,9-13,15H2,1-5H3,(H,29,33). The van der Waals surface area contributed by atoms with Gasteiger partial charge in [0.1, 0.15) is 0 Å². The number of hydrogen-bond acceptors (Lipinski definition) is 6. The molecule has 1 aliphatic rings. The van der Waals surface area contributed by atoms with Crippen LogP contribution in [0, 0.1) is 19.7 Å². The summed E-state index contributed by atoms with van der Waals surface area (Å²) in [6.45, 7) is 6.42. The smallest absolute Gasteiger partial charge is 0.242 e. The van der Waals surface area contributed by atoms with Crippen LogP contribution in [0.4, 0.5) is 4.39 Å². The number of carbonyl (C=O) groups excluding carboxylic acids is 1. The maximum absolute atomic E-state index is 14.0. The summed E-state index contributed by atoms with van der Waals surface area (Å²) in [4.78, 5) is 19.7. The third-order valence-electron chi connectivity index (χ3n) is 6.89. The molecule has 0 aliphatic carbocycles. The highest BCUT2D eigenvalue weighted by molar-refractivity contribution is 5.86. The molecule has 2 aromatic heterocycles. The highest BCUT2D eigenvalue weighted by Gasteiger charge is 2.22. The molecule has 0 unspecified atom stereocenters. The highest BCUT2D eigenvalue weighted by Crippen LogP contribution is 2.30. The first-order chi connectivity index (χ1) is 16.8. The number of nitrogens with zero attached hydrogens (tertiary/aromatic N) is 4. The van der Waals surface area contributed by atoms with Crippen molar-refractivity contribution < 1.29 is 18.7 Å². The van der Waals surface area contributed by atoms with E-state index in [9.17, 15) is 9.18 Å². The molecule has 1 N–H and O–H groups in total. The first-order valence-electron chi connectivity index (χ1n) is 12.0. The second-order valence-corrected chi connectivity index (χ2v) is 9.22. The predicted octanol–water partition coefficient (Wildman–Crippen LogP) is 3.45. The van der Waals surface area contributed by atoms with E-state index in [0.717, 1.165) is 59.3 Å². The molecular formula is C26H34FN5O3. The van der Waals surface area contributed by atoms with E-state index in [-0.39, 0.29) is 23.5 Å². The van der Waals surface area contributed by atoms with Crippen molar-refractivity contribution in [2.75, 3.05) is 27.3 Å². The number of aryl methyl sites for hydroxylation is 3. The van der Waals surface area contributed by atoms with Crippen LogP contribution < -0.4 is 14.8 Å². The summed E-state index contributed by atoms with van der Waals surface area (Å²) in [6.07, 6.45) is 2.78. The minimum atomic E-state index is -0.339. The van der Waals surface area contributed by atoms with Crippen molar-refractivity contribution >= 4 is 16.9 Å². The van der Waals surface area contributed by atoms with Crippen molar-refractivity contribution in [1.29, 1.82) is 0 Å². The van der Waals surface area contributed by atoms with Gasteiger partial charge in [-0.2, -0.15) is 0 Å². The van der Waals surface area contributed by atoms with Gasteiger partial charge in [0, 0.05) is 44.8 Å². The Morgan fingerprint density at radius 3 is 2.60 bits per heavy atom. The second kappa shape index (κ2) is 10.6. The van der Waals surface area contributed by atoms with E-state index in [2.05, 4.69) is 15.3 Å². The maximum Gasteiger partial charge on any atom is 0.242 e. The monoisotopic (exact) mass is 483 g/mol. The van der Waals surface area contributed by atoms with E-state index in [4.69, 9.17) is 14.5 Å². The Bertz CT molecular complexity index is 1220.